The molecule has 0 aliphatic carbocycles. The molecule has 2 N–H and O–H groups in total. The molecule has 78 valence electrons. The van der Waals surface area contributed by atoms with Crippen molar-refractivity contribution in [3.8, 4) is 0 Å². The standard InChI is InChI=1S/C8H11NO4S/c10-14(11,12)13-7-6-9-8-4-2-1-3-5-8/h1-5,9H,6-7H2,(H,10,11,12). The summed E-state index contributed by atoms with van der Waals surface area (Å²) in [6.45, 7) is 0.206. The van der Waals surface area contributed by atoms with Crippen molar-refractivity contribution in [2.45, 2.75) is 0 Å². The first kappa shape index (κ1) is 11.0. The van der Waals surface area contributed by atoms with E-state index in [1.54, 1.807) is 0 Å². The minimum atomic E-state index is -4.32. The highest BCUT2D eigenvalue weighted by Crippen LogP contribution is 2.03. The number of rotatable bonds is 5. The van der Waals surface area contributed by atoms with Crippen LogP contribution in [-0.2, 0) is 14.6 Å². The lowest BCUT2D eigenvalue weighted by molar-refractivity contribution is 0.278. The molecule has 0 aromatic heterocycles. The number of hydrogen-bond acceptors (Lipinski definition) is 4. The Morgan fingerprint density at radius 3 is 2.50 bits per heavy atom. The Hall–Kier alpha value is -1.11. The van der Waals surface area contributed by atoms with Crippen LogP contribution in [0, 0.1) is 0 Å². The van der Waals surface area contributed by atoms with Crippen LogP contribution in [0.1, 0.15) is 0 Å². The van der Waals surface area contributed by atoms with Gasteiger partial charge in [-0.1, -0.05) is 18.2 Å². The second-order valence-electron chi connectivity index (χ2n) is 2.54. The summed E-state index contributed by atoms with van der Waals surface area (Å²) in [5.41, 5.74) is 0.867. The van der Waals surface area contributed by atoms with Crippen LogP contribution in [0.5, 0.6) is 0 Å². The van der Waals surface area contributed by atoms with Gasteiger partial charge in [0.2, 0.25) is 0 Å². The molecule has 0 heterocycles. The van der Waals surface area contributed by atoms with E-state index in [9.17, 15) is 8.42 Å². The minimum absolute atomic E-state index is 0.103. The Bertz CT molecular complexity index is 362. The third-order valence-electron chi connectivity index (χ3n) is 1.44. The first-order valence-corrected chi connectivity index (χ1v) is 5.35. The van der Waals surface area contributed by atoms with Crippen LogP contribution >= 0.6 is 0 Å². The summed E-state index contributed by atoms with van der Waals surface area (Å²) in [6.07, 6.45) is 0. The van der Waals surface area contributed by atoms with E-state index in [1.807, 2.05) is 30.3 Å². The highest BCUT2D eigenvalue weighted by molar-refractivity contribution is 7.80. The molecule has 0 saturated heterocycles. The fourth-order valence-electron chi connectivity index (χ4n) is 0.898. The molecule has 14 heavy (non-hydrogen) atoms. The highest BCUT2D eigenvalue weighted by Gasteiger charge is 2.02. The van der Waals surface area contributed by atoms with E-state index < -0.39 is 10.4 Å². The fourth-order valence-corrected chi connectivity index (χ4v) is 1.19. The molecule has 6 heteroatoms. The highest BCUT2D eigenvalue weighted by atomic mass is 32.3. The van der Waals surface area contributed by atoms with Gasteiger partial charge in [-0.3, -0.25) is 4.55 Å². The quantitative estimate of drug-likeness (QED) is 0.566. The van der Waals surface area contributed by atoms with E-state index in [1.165, 1.54) is 0 Å². The van der Waals surface area contributed by atoms with Crippen molar-refractivity contribution >= 4 is 16.1 Å². The van der Waals surface area contributed by atoms with Crippen molar-refractivity contribution in [2.24, 2.45) is 0 Å². The summed E-state index contributed by atoms with van der Waals surface area (Å²) in [6, 6.07) is 9.26. The van der Waals surface area contributed by atoms with Gasteiger partial charge >= 0.3 is 10.4 Å². The van der Waals surface area contributed by atoms with Gasteiger partial charge in [0.25, 0.3) is 0 Å². The van der Waals surface area contributed by atoms with Gasteiger partial charge in [-0.05, 0) is 12.1 Å². The third kappa shape index (κ3) is 4.80. The van der Waals surface area contributed by atoms with Crippen molar-refractivity contribution in [1.82, 2.24) is 0 Å². The van der Waals surface area contributed by atoms with E-state index in [4.69, 9.17) is 4.55 Å². The Morgan fingerprint density at radius 2 is 1.93 bits per heavy atom. The summed E-state index contributed by atoms with van der Waals surface area (Å²) in [5.74, 6) is 0. The molecule has 0 atom stereocenters. The smallest absolute Gasteiger partial charge is 0.383 e. The van der Waals surface area contributed by atoms with Crippen molar-refractivity contribution < 1.29 is 17.2 Å². The molecule has 0 spiro atoms. The summed E-state index contributed by atoms with van der Waals surface area (Å²) >= 11 is 0. The van der Waals surface area contributed by atoms with Crippen LogP contribution < -0.4 is 5.32 Å². The predicted octanol–water partition coefficient (Wildman–Crippen LogP) is 0.918. The van der Waals surface area contributed by atoms with Crippen LogP contribution in [0.4, 0.5) is 5.69 Å². The lowest BCUT2D eigenvalue weighted by Gasteiger charge is -2.04. The van der Waals surface area contributed by atoms with E-state index in [0.717, 1.165) is 5.69 Å². The summed E-state index contributed by atoms with van der Waals surface area (Å²) in [5, 5.41) is 2.92. The van der Waals surface area contributed by atoms with Crippen LogP contribution in [0.25, 0.3) is 0 Å². The van der Waals surface area contributed by atoms with Crippen molar-refractivity contribution in [1.29, 1.82) is 0 Å². The van der Waals surface area contributed by atoms with Crippen molar-refractivity contribution in [3.63, 3.8) is 0 Å². The minimum Gasteiger partial charge on any atom is -0.383 e. The molecule has 0 unspecified atom stereocenters. The number of para-hydroxylation sites is 1. The second kappa shape index (κ2) is 4.94. The van der Waals surface area contributed by atoms with Crippen LogP contribution in [0.3, 0.4) is 0 Å². The summed E-state index contributed by atoms with van der Waals surface area (Å²) < 4.78 is 32.6. The monoisotopic (exact) mass is 217 g/mol. The zero-order valence-electron chi connectivity index (χ0n) is 7.38. The Balaban J connectivity index is 2.23. The Kier molecular flexibility index (Phi) is 3.87. The molecule has 0 fully saturated rings. The molecule has 1 aromatic carbocycles. The van der Waals surface area contributed by atoms with Gasteiger partial charge < -0.3 is 5.32 Å². The largest absolute Gasteiger partial charge is 0.397 e. The second-order valence-corrected chi connectivity index (χ2v) is 3.63. The maximum Gasteiger partial charge on any atom is 0.397 e. The van der Waals surface area contributed by atoms with Crippen LogP contribution in [-0.4, -0.2) is 26.1 Å². The number of hydrogen-bond donors (Lipinski definition) is 2. The van der Waals surface area contributed by atoms with Crippen LogP contribution in [0.2, 0.25) is 0 Å². The van der Waals surface area contributed by atoms with Gasteiger partial charge in [0.15, 0.2) is 0 Å². The number of nitrogens with one attached hydrogen (secondary N) is 1. The summed E-state index contributed by atoms with van der Waals surface area (Å²) in [4.78, 5) is 0. The normalized spacial score (nSPS) is 11.2. The summed E-state index contributed by atoms with van der Waals surface area (Å²) in [7, 11) is -4.32. The molecule has 0 aliphatic heterocycles. The average molecular weight is 217 g/mol. The van der Waals surface area contributed by atoms with Gasteiger partial charge in [-0.25, -0.2) is 4.18 Å². The molecule has 1 rings (SSSR count). The molecule has 1 aromatic rings. The van der Waals surface area contributed by atoms with E-state index >= 15 is 0 Å². The zero-order chi connectivity index (χ0) is 10.4. The van der Waals surface area contributed by atoms with Gasteiger partial charge in [0.05, 0.1) is 6.61 Å². The number of anilines is 1. The molecule has 0 saturated carbocycles. The molecule has 0 bridgehead atoms. The average Bonchev–Trinajstić information content (AvgIpc) is 2.13. The van der Waals surface area contributed by atoms with Crippen LogP contribution in [0.15, 0.2) is 30.3 Å². The number of benzene rings is 1. The van der Waals surface area contributed by atoms with Crippen molar-refractivity contribution in [3.05, 3.63) is 30.3 Å². The third-order valence-corrected chi connectivity index (χ3v) is 1.90. The molecule has 5 nitrogen and oxygen atoms in total. The lowest BCUT2D eigenvalue weighted by atomic mass is 10.3. The van der Waals surface area contributed by atoms with E-state index in [2.05, 4.69) is 9.50 Å². The fraction of sp³-hybridized carbons (Fsp3) is 0.250. The molecule has 0 aliphatic rings. The van der Waals surface area contributed by atoms with E-state index in [0.29, 0.717) is 6.54 Å². The first-order valence-electron chi connectivity index (χ1n) is 3.99. The SMILES string of the molecule is O=S(=O)(O)OCCNc1ccccc1. The molecule has 0 amide bonds. The molecular formula is C8H11NO4S. The topological polar surface area (TPSA) is 75.6 Å². The predicted molar refractivity (Wildman–Crippen MR) is 52.4 cm³/mol. The molecule has 0 radical (unpaired) electrons. The Morgan fingerprint density at radius 1 is 1.29 bits per heavy atom. The molecular weight excluding hydrogens is 206 g/mol. The van der Waals surface area contributed by atoms with Gasteiger partial charge in [0, 0.05) is 12.2 Å². The van der Waals surface area contributed by atoms with Crippen molar-refractivity contribution in [2.75, 3.05) is 18.5 Å². The Labute approximate surface area is 82.7 Å². The van der Waals surface area contributed by atoms with Gasteiger partial charge in [-0.2, -0.15) is 8.42 Å². The zero-order valence-corrected chi connectivity index (χ0v) is 8.20. The lowest BCUT2D eigenvalue weighted by Crippen LogP contribution is -2.13. The van der Waals surface area contributed by atoms with Gasteiger partial charge in [0.1, 0.15) is 0 Å². The van der Waals surface area contributed by atoms with E-state index in [-0.39, 0.29) is 6.61 Å². The maximum atomic E-state index is 10.1. The van der Waals surface area contributed by atoms with Gasteiger partial charge in [-0.15, -0.1) is 0 Å². The first-order chi connectivity index (χ1) is 6.58. The maximum absolute atomic E-state index is 10.1.